The minimum Gasteiger partial charge on any atom is -0.449 e. The van der Waals surface area contributed by atoms with E-state index in [2.05, 4.69) is 55.4 Å². The quantitative estimate of drug-likeness (QED) is 0.655. The van der Waals surface area contributed by atoms with Crippen LogP contribution < -0.4 is 0 Å². The van der Waals surface area contributed by atoms with E-state index in [1.807, 2.05) is 10.0 Å². The normalized spacial score (nSPS) is 29.2. The van der Waals surface area contributed by atoms with Crippen LogP contribution in [0.25, 0.3) is 0 Å². The van der Waals surface area contributed by atoms with Crippen LogP contribution in [0.4, 0.5) is 9.59 Å². The molecule has 2 aliphatic heterocycles. The van der Waals surface area contributed by atoms with Crippen molar-refractivity contribution in [2.75, 3.05) is 13.2 Å². The van der Waals surface area contributed by atoms with Gasteiger partial charge in [-0.2, -0.15) is 10.0 Å². The Labute approximate surface area is 169 Å². The SMILES string of the molecule is CCOC(=O)N1[C@@H]([C@H]2N(C(=O)OCC)N2[C@@H](C)C(C)(C)C)N1[C@@H](C)C(C)(C)C. The molecule has 8 nitrogen and oxygen atoms in total. The number of amides is 2. The van der Waals surface area contributed by atoms with E-state index in [9.17, 15) is 9.59 Å². The number of ether oxygens (including phenoxy) is 2. The third-order valence-corrected chi connectivity index (χ3v) is 5.91. The maximum Gasteiger partial charge on any atom is 0.426 e. The maximum atomic E-state index is 12.6. The van der Waals surface area contributed by atoms with Crippen molar-refractivity contribution in [3.8, 4) is 0 Å². The molecule has 2 unspecified atom stereocenters. The van der Waals surface area contributed by atoms with Crippen LogP contribution >= 0.6 is 0 Å². The standard InChI is InChI=1S/C20H38N4O4/c1-11-27-17(25)23-15(21(23)13(3)19(5,6)7)16-22(14(4)20(8,9)10)24(16)18(26)28-12-2/h13-16H,11-12H2,1-10H3/t13-,14-,15-,16+,21?,22?,23?,24?/m0/s1. The summed E-state index contributed by atoms with van der Waals surface area (Å²) in [5.41, 5.74) is -0.0762. The lowest BCUT2D eigenvalue weighted by Crippen LogP contribution is -2.36. The first-order valence-corrected chi connectivity index (χ1v) is 10.3. The summed E-state index contributed by atoms with van der Waals surface area (Å²) < 4.78 is 10.5. The van der Waals surface area contributed by atoms with E-state index < -0.39 is 0 Å². The highest BCUT2D eigenvalue weighted by atomic mass is 16.6. The van der Waals surface area contributed by atoms with Gasteiger partial charge in [-0.25, -0.2) is 19.6 Å². The van der Waals surface area contributed by atoms with Crippen molar-refractivity contribution in [2.24, 2.45) is 10.8 Å². The molecule has 0 aliphatic carbocycles. The maximum absolute atomic E-state index is 12.6. The topological polar surface area (TPSA) is 64.6 Å². The highest BCUT2D eigenvalue weighted by molar-refractivity contribution is 5.73. The zero-order valence-electron chi connectivity index (χ0n) is 19.1. The molecule has 28 heavy (non-hydrogen) atoms. The van der Waals surface area contributed by atoms with Gasteiger partial charge in [0.05, 0.1) is 13.2 Å². The Balaban J connectivity index is 2.31. The molecule has 6 atom stereocenters. The summed E-state index contributed by atoms with van der Waals surface area (Å²) in [4.78, 5) is 25.1. The summed E-state index contributed by atoms with van der Waals surface area (Å²) in [7, 11) is 0. The van der Waals surface area contributed by atoms with Crippen LogP contribution in [0.2, 0.25) is 0 Å². The van der Waals surface area contributed by atoms with E-state index in [0.717, 1.165) is 0 Å². The van der Waals surface area contributed by atoms with Gasteiger partial charge in [-0.05, 0) is 38.5 Å². The van der Waals surface area contributed by atoms with E-state index in [4.69, 9.17) is 9.47 Å². The molecule has 2 amide bonds. The highest BCUT2D eigenvalue weighted by Crippen LogP contribution is 2.49. The average molecular weight is 399 g/mol. The lowest BCUT2D eigenvalue weighted by Gasteiger charge is -2.28. The number of carbonyl (C=O) groups excluding carboxylic acids is 2. The average Bonchev–Trinajstić information content (AvgIpc) is 3.43. The second-order valence-electron chi connectivity index (χ2n) is 9.76. The Bertz CT molecular complexity index is 546. The van der Waals surface area contributed by atoms with Crippen LogP contribution in [-0.4, -0.2) is 69.9 Å². The zero-order valence-corrected chi connectivity index (χ0v) is 19.1. The van der Waals surface area contributed by atoms with Gasteiger partial charge in [0.15, 0.2) is 12.3 Å². The molecule has 0 saturated carbocycles. The second-order valence-corrected chi connectivity index (χ2v) is 9.76. The smallest absolute Gasteiger partial charge is 0.426 e. The van der Waals surface area contributed by atoms with Gasteiger partial charge >= 0.3 is 12.2 Å². The van der Waals surface area contributed by atoms with E-state index in [1.54, 1.807) is 23.9 Å². The van der Waals surface area contributed by atoms with Gasteiger partial charge < -0.3 is 9.47 Å². The summed E-state index contributed by atoms with van der Waals surface area (Å²) in [6, 6.07) is 0.191. The third kappa shape index (κ3) is 4.22. The zero-order chi connectivity index (χ0) is 21.6. The van der Waals surface area contributed by atoms with Crippen LogP contribution in [-0.2, 0) is 9.47 Å². The Kier molecular flexibility index (Phi) is 6.26. The molecule has 2 aliphatic rings. The Morgan fingerprint density at radius 2 is 1.04 bits per heavy atom. The third-order valence-electron chi connectivity index (χ3n) is 5.91. The van der Waals surface area contributed by atoms with Crippen molar-refractivity contribution >= 4 is 12.2 Å². The molecule has 2 fully saturated rings. The number of nitrogens with zero attached hydrogens (tertiary/aromatic N) is 4. The fourth-order valence-corrected chi connectivity index (χ4v) is 3.33. The molecule has 0 aromatic rings. The minimum absolute atomic E-state index is 0.0381. The van der Waals surface area contributed by atoms with E-state index in [0.29, 0.717) is 13.2 Å². The van der Waals surface area contributed by atoms with E-state index >= 15 is 0 Å². The molecular weight excluding hydrogens is 360 g/mol. The first kappa shape index (κ1) is 22.7. The number of rotatable bonds is 5. The van der Waals surface area contributed by atoms with Crippen molar-refractivity contribution < 1.29 is 19.1 Å². The van der Waals surface area contributed by atoms with Crippen LogP contribution in [0.3, 0.4) is 0 Å². The first-order chi connectivity index (χ1) is 12.8. The molecule has 0 aromatic heterocycles. The Hall–Kier alpha value is -1.54. The Morgan fingerprint density at radius 3 is 1.25 bits per heavy atom. The van der Waals surface area contributed by atoms with Gasteiger partial charge in [-0.3, -0.25) is 0 Å². The highest BCUT2D eigenvalue weighted by Gasteiger charge is 2.70. The van der Waals surface area contributed by atoms with Crippen molar-refractivity contribution in [3.63, 3.8) is 0 Å². The molecule has 0 N–H and O–H groups in total. The van der Waals surface area contributed by atoms with Gasteiger partial charge in [0.25, 0.3) is 0 Å². The lowest BCUT2D eigenvalue weighted by atomic mass is 9.87. The molecule has 2 rings (SSSR count). The molecule has 8 heteroatoms. The largest absolute Gasteiger partial charge is 0.449 e. The summed E-state index contributed by atoms with van der Waals surface area (Å²) in [6.07, 6.45) is -1.24. The number of hydrogen-bond donors (Lipinski definition) is 0. The number of hydrogen-bond acceptors (Lipinski definition) is 6. The molecule has 0 spiro atoms. The summed E-state index contributed by atoms with van der Waals surface area (Å²) in [5, 5.41) is 7.35. The molecular formula is C20H38N4O4. The first-order valence-electron chi connectivity index (χ1n) is 10.3. The second kappa shape index (κ2) is 7.71. The minimum atomic E-state index is -0.373. The molecule has 0 bridgehead atoms. The molecule has 0 radical (unpaired) electrons. The number of carbonyl (C=O) groups is 2. The van der Waals surface area contributed by atoms with Crippen molar-refractivity contribution in [1.29, 1.82) is 0 Å². The van der Waals surface area contributed by atoms with Crippen molar-refractivity contribution in [3.05, 3.63) is 0 Å². The Morgan fingerprint density at radius 1 is 0.750 bits per heavy atom. The van der Waals surface area contributed by atoms with Crippen LogP contribution in [0.15, 0.2) is 0 Å². The van der Waals surface area contributed by atoms with Gasteiger partial charge in [0, 0.05) is 12.1 Å². The van der Waals surface area contributed by atoms with Crippen molar-refractivity contribution in [2.45, 2.75) is 93.7 Å². The summed E-state index contributed by atoms with van der Waals surface area (Å²) in [6.45, 7) is 21.3. The van der Waals surface area contributed by atoms with E-state index in [-0.39, 0.29) is 47.4 Å². The van der Waals surface area contributed by atoms with Gasteiger partial charge in [0.1, 0.15) is 0 Å². The molecule has 2 saturated heterocycles. The van der Waals surface area contributed by atoms with Crippen LogP contribution in [0.5, 0.6) is 0 Å². The van der Waals surface area contributed by atoms with Crippen LogP contribution in [0.1, 0.15) is 69.2 Å². The van der Waals surface area contributed by atoms with Gasteiger partial charge in [0.2, 0.25) is 0 Å². The van der Waals surface area contributed by atoms with Gasteiger partial charge in [-0.15, -0.1) is 0 Å². The van der Waals surface area contributed by atoms with Gasteiger partial charge in [-0.1, -0.05) is 41.5 Å². The fourth-order valence-electron chi connectivity index (χ4n) is 3.33. The molecule has 0 aromatic carbocycles. The predicted molar refractivity (Wildman–Crippen MR) is 107 cm³/mol. The lowest BCUT2D eigenvalue weighted by molar-refractivity contribution is 0.0947. The monoisotopic (exact) mass is 398 g/mol. The molecule has 162 valence electrons. The summed E-state index contributed by atoms with van der Waals surface area (Å²) >= 11 is 0. The van der Waals surface area contributed by atoms with Crippen LogP contribution in [0, 0.1) is 10.8 Å². The molecule has 2 heterocycles. The summed E-state index contributed by atoms with van der Waals surface area (Å²) in [5.74, 6) is 0. The number of hydrazine groups is 2. The van der Waals surface area contributed by atoms with Crippen molar-refractivity contribution in [1.82, 2.24) is 20.0 Å². The fraction of sp³-hybridized carbons (Fsp3) is 0.900. The predicted octanol–water partition coefficient (Wildman–Crippen LogP) is 3.89. The van der Waals surface area contributed by atoms with E-state index in [1.165, 1.54) is 0 Å².